The SMILES string of the molecule is CC(C)N(I)C=O. The quantitative estimate of drug-likeness (QED) is 0.383. The summed E-state index contributed by atoms with van der Waals surface area (Å²) in [6.45, 7) is 3.92. The van der Waals surface area contributed by atoms with Crippen LogP contribution in [-0.2, 0) is 4.79 Å². The summed E-state index contributed by atoms with van der Waals surface area (Å²) in [4.78, 5) is 9.86. The second-order valence-corrected chi connectivity index (χ2v) is 2.66. The summed E-state index contributed by atoms with van der Waals surface area (Å²) in [6.07, 6.45) is 0.811. The van der Waals surface area contributed by atoms with E-state index in [1.807, 2.05) is 36.7 Å². The van der Waals surface area contributed by atoms with Crippen LogP contribution in [0.15, 0.2) is 0 Å². The molecule has 0 aromatic heterocycles. The Morgan fingerprint density at radius 1 is 1.71 bits per heavy atom. The smallest absolute Gasteiger partial charge is 0.218 e. The standard InChI is InChI=1S/C4H8INO/c1-4(2)6(5)3-7/h3-4H,1-2H3. The molecule has 0 atom stereocenters. The second-order valence-electron chi connectivity index (χ2n) is 1.54. The van der Waals surface area contributed by atoms with E-state index in [1.54, 1.807) is 3.11 Å². The van der Waals surface area contributed by atoms with Crippen LogP contribution in [0.2, 0.25) is 0 Å². The molecule has 0 radical (unpaired) electrons. The first kappa shape index (κ1) is 7.20. The lowest BCUT2D eigenvalue weighted by Gasteiger charge is -2.10. The lowest BCUT2D eigenvalue weighted by Crippen LogP contribution is -2.17. The van der Waals surface area contributed by atoms with Crippen LogP contribution in [0.4, 0.5) is 0 Å². The van der Waals surface area contributed by atoms with Crippen molar-refractivity contribution in [2.45, 2.75) is 19.9 Å². The number of nitrogens with zero attached hydrogens (tertiary/aromatic N) is 1. The van der Waals surface area contributed by atoms with Gasteiger partial charge < -0.3 is 0 Å². The minimum absolute atomic E-state index is 0.318. The molecule has 0 aliphatic heterocycles. The van der Waals surface area contributed by atoms with Gasteiger partial charge in [-0.05, 0) is 13.8 Å². The van der Waals surface area contributed by atoms with Crippen molar-refractivity contribution < 1.29 is 4.79 Å². The van der Waals surface area contributed by atoms with E-state index in [0.29, 0.717) is 6.04 Å². The summed E-state index contributed by atoms with van der Waals surface area (Å²) < 4.78 is 1.58. The monoisotopic (exact) mass is 213 g/mol. The lowest BCUT2D eigenvalue weighted by atomic mass is 10.4. The molecule has 0 aliphatic carbocycles. The van der Waals surface area contributed by atoms with Gasteiger partial charge in [0, 0.05) is 6.04 Å². The first-order chi connectivity index (χ1) is 3.18. The van der Waals surface area contributed by atoms with E-state index in [4.69, 9.17) is 0 Å². The Labute approximate surface area is 57.4 Å². The minimum atomic E-state index is 0.318. The van der Waals surface area contributed by atoms with E-state index >= 15 is 0 Å². The molecule has 0 bridgehead atoms. The highest BCUT2D eigenvalue weighted by Gasteiger charge is 1.97. The molecule has 0 fully saturated rings. The molecule has 2 nitrogen and oxygen atoms in total. The molecule has 0 rings (SSSR count). The van der Waals surface area contributed by atoms with Gasteiger partial charge in [-0.1, -0.05) is 0 Å². The maximum atomic E-state index is 9.86. The fourth-order valence-electron chi connectivity index (χ4n) is 0.122. The van der Waals surface area contributed by atoms with Crippen molar-refractivity contribution >= 4 is 29.3 Å². The number of hydrogen-bond donors (Lipinski definition) is 0. The van der Waals surface area contributed by atoms with Crippen LogP contribution in [0, 0.1) is 0 Å². The maximum Gasteiger partial charge on any atom is 0.218 e. The number of carbonyl (C=O) groups is 1. The minimum Gasteiger partial charge on any atom is -0.285 e. The summed E-state index contributed by atoms with van der Waals surface area (Å²) >= 11 is 1.96. The molecule has 0 unspecified atom stereocenters. The van der Waals surface area contributed by atoms with Gasteiger partial charge in [-0.25, -0.2) is 0 Å². The zero-order valence-corrected chi connectivity index (χ0v) is 6.55. The van der Waals surface area contributed by atoms with Crippen LogP contribution in [0.3, 0.4) is 0 Å². The van der Waals surface area contributed by atoms with Crippen molar-refractivity contribution in [3.05, 3.63) is 0 Å². The highest BCUT2D eigenvalue weighted by Crippen LogP contribution is 1.99. The number of amides is 1. The van der Waals surface area contributed by atoms with Gasteiger partial charge in [-0.2, -0.15) is 0 Å². The summed E-state index contributed by atoms with van der Waals surface area (Å²) in [5.41, 5.74) is 0. The molecule has 0 heterocycles. The number of hydrogen-bond acceptors (Lipinski definition) is 1. The van der Waals surface area contributed by atoms with Gasteiger partial charge in [0.25, 0.3) is 0 Å². The third-order valence-electron chi connectivity index (χ3n) is 0.594. The van der Waals surface area contributed by atoms with Gasteiger partial charge >= 0.3 is 0 Å². The molecule has 7 heavy (non-hydrogen) atoms. The van der Waals surface area contributed by atoms with Crippen molar-refractivity contribution in [3.8, 4) is 0 Å². The summed E-state index contributed by atoms with van der Waals surface area (Å²) in [5, 5.41) is 0. The van der Waals surface area contributed by atoms with Crippen LogP contribution >= 0.6 is 22.9 Å². The molecule has 3 heteroatoms. The van der Waals surface area contributed by atoms with E-state index in [-0.39, 0.29) is 0 Å². The molecule has 0 spiro atoms. The molecule has 0 saturated carbocycles. The van der Waals surface area contributed by atoms with Crippen molar-refractivity contribution in [1.29, 1.82) is 0 Å². The van der Waals surface area contributed by atoms with E-state index in [2.05, 4.69) is 0 Å². The van der Waals surface area contributed by atoms with Crippen molar-refractivity contribution in [1.82, 2.24) is 3.11 Å². The Morgan fingerprint density at radius 2 is 2.14 bits per heavy atom. The van der Waals surface area contributed by atoms with Gasteiger partial charge in [0.05, 0.1) is 22.9 Å². The fraction of sp³-hybridized carbons (Fsp3) is 0.750. The van der Waals surface area contributed by atoms with E-state index < -0.39 is 0 Å². The van der Waals surface area contributed by atoms with Crippen LogP contribution in [-0.4, -0.2) is 15.6 Å². The van der Waals surface area contributed by atoms with Gasteiger partial charge in [0.15, 0.2) is 0 Å². The third kappa shape index (κ3) is 2.85. The van der Waals surface area contributed by atoms with E-state index in [9.17, 15) is 4.79 Å². The molecular formula is C4H8INO. The van der Waals surface area contributed by atoms with Crippen LogP contribution in [0.5, 0.6) is 0 Å². The predicted molar refractivity (Wildman–Crippen MR) is 37.1 cm³/mol. The molecule has 42 valence electrons. The van der Waals surface area contributed by atoms with E-state index in [0.717, 1.165) is 6.41 Å². The zero-order chi connectivity index (χ0) is 5.86. The molecule has 0 saturated heterocycles. The lowest BCUT2D eigenvalue weighted by molar-refractivity contribution is -0.113. The van der Waals surface area contributed by atoms with E-state index in [1.165, 1.54) is 0 Å². The number of halogens is 1. The Balaban J connectivity index is 3.33. The van der Waals surface area contributed by atoms with Gasteiger partial charge in [0.2, 0.25) is 6.41 Å². The van der Waals surface area contributed by atoms with Crippen molar-refractivity contribution in [2.24, 2.45) is 0 Å². The molecule has 0 N–H and O–H groups in total. The molecule has 0 aromatic carbocycles. The second kappa shape index (κ2) is 3.23. The van der Waals surface area contributed by atoms with Crippen LogP contribution in [0.25, 0.3) is 0 Å². The highest BCUT2D eigenvalue weighted by molar-refractivity contribution is 14.1. The number of rotatable bonds is 2. The Kier molecular flexibility index (Phi) is 3.33. The zero-order valence-electron chi connectivity index (χ0n) is 4.39. The molecule has 0 aliphatic rings. The summed E-state index contributed by atoms with van der Waals surface area (Å²) in [5.74, 6) is 0. The van der Waals surface area contributed by atoms with Crippen molar-refractivity contribution in [3.63, 3.8) is 0 Å². The predicted octanol–water partition coefficient (Wildman–Crippen LogP) is 1.20. The Morgan fingerprint density at radius 3 is 2.14 bits per heavy atom. The molecular weight excluding hydrogens is 205 g/mol. The fourth-order valence-corrected chi connectivity index (χ4v) is 0.122. The van der Waals surface area contributed by atoms with Gasteiger partial charge in [0.1, 0.15) is 0 Å². The van der Waals surface area contributed by atoms with Gasteiger partial charge in [-0.15, -0.1) is 0 Å². The largest absolute Gasteiger partial charge is 0.285 e. The molecule has 1 amide bonds. The Hall–Kier alpha value is 0.200. The Bertz CT molecular complexity index is 64.7. The third-order valence-corrected chi connectivity index (χ3v) is 1.94. The van der Waals surface area contributed by atoms with Crippen LogP contribution < -0.4 is 0 Å². The van der Waals surface area contributed by atoms with Crippen LogP contribution in [0.1, 0.15) is 13.8 Å². The van der Waals surface area contributed by atoms with Crippen molar-refractivity contribution in [2.75, 3.05) is 0 Å². The highest BCUT2D eigenvalue weighted by atomic mass is 127. The normalized spacial score (nSPS) is 9.14. The first-order valence-corrected chi connectivity index (χ1v) is 3.04. The average Bonchev–Trinajstić information content (AvgIpc) is 1.65. The molecule has 0 aromatic rings. The van der Waals surface area contributed by atoms with Gasteiger partial charge in [-0.3, -0.25) is 7.91 Å². The summed E-state index contributed by atoms with van der Waals surface area (Å²) in [6, 6.07) is 0.318. The number of carbonyl (C=O) groups excluding carboxylic acids is 1. The maximum absolute atomic E-state index is 9.86. The first-order valence-electron chi connectivity index (χ1n) is 2.08. The topological polar surface area (TPSA) is 20.3 Å². The average molecular weight is 213 g/mol. The summed E-state index contributed by atoms with van der Waals surface area (Å²) in [7, 11) is 0.